The van der Waals surface area contributed by atoms with E-state index in [-0.39, 0.29) is 10.3 Å². The molecule has 0 bridgehead atoms. The Morgan fingerprint density at radius 2 is 1.88 bits per heavy atom. The zero-order valence-electron chi connectivity index (χ0n) is 12.7. The molecule has 0 aliphatic heterocycles. The summed E-state index contributed by atoms with van der Waals surface area (Å²) in [5, 5.41) is 11.1. The van der Waals surface area contributed by atoms with Crippen molar-refractivity contribution in [1.82, 2.24) is 5.32 Å². The SMILES string of the molecule is N=C(N)SCc1c(Cl)cccc1Oc1ccccc1CNC(N)=S. The van der Waals surface area contributed by atoms with E-state index in [9.17, 15) is 0 Å². The Kier molecular flexibility index (Phi) is 6.72. The van der Waals surface area contributed by atoms with Gasteiger partial charge in [0.15, 0.2) is 10.3 Å². The van der Waals surface area contributed by atoms with E-state index in [1.165, 1.54) is 11.8 Å². The summed E-state index contributed by atoms with van der Waals surface area (Å²) < 4.78 is 6.05. The minimum Gasteiger partial charge on any atom is -0.457 e. The lowest BCUT2D eigenvalue weighted by Crippen LogP contribution is -2.28. The number of amidine groups is 1. The van der Waals surface area contributed by atoms with Crippen LogP contribution in [-0.4, -0.2) is 10.3 Å². The van der Waals surface area contributed by atoms with Gasteiger partial charge in [-0.1, -0.05) is 47.6 Å². The lowest BCUT2D eigenvalue weighted by atomic mass is 10.2. The Bertz CT molecular complexity index is 755. The van der Waals surface area contributed by atoms with Gasteiger partial charge in [-0.3, -0.25) is 5.41 Å². The number of para-hydroxylation sites is 1. The van der Waals surface area contributed by atoms with Gasteiger partial charge in [0.25, 0.3) is 0 Å². The van der Waals surface area contributed by atoms with E-state index in [1.54, 1.807) is 6.07 Å². The molecule has 8 heteroatoms. The highest BCUT2D eigenvalue weighted by atomic mass is 35.5. The van der Waals surface area contributed by atoms with Crippen LogP contribution in [0.2, 0.25) is 5.02 Å². The molecule has 2 rings (SSSR count). The zero-order valence-corrected chi connectivity index (χ0v) is 15.1. The van der Waals surface area contributed by atoms with Crippen molar-refractivity contribution in [2.24, 2.45) is 11.5 Å². The second-order valence-electron chi connectivity index (χ2n) is 4.80. The highest BCUT2D eigenvalue weighted by molar-refractivity contribution is 8.13. The van der Waals surface area contributed by atoms with E-state index in [0.29, 0.717) is 28.8 Å². The smallest absolute Gasteiger partial charge is 0.163 e. The van der Waals surface area contributed by atoms with Crippen LogP contribution in [0.5, 0.6) is 11.5 Å². The molecule has 6 N–H and O–H groups in total. The number of hydrogen-bond acceptors (Lipinski definition) is 4. The molecule has 126 valence electrons. The molecule has 0 aromatic heterocycles. The Labute approximate surface area is 155 Å². The summed E-state index contributed by atoms with van der Waals surface area (Å²) in [6.45, 7) is 0.462. The monoisotopic (exact) mass is 380 g/mol. The van der Waals surface area contributed by atoms with Crippen LogP contribution >= 0.6 is 35.6 Å². The topological polar surface area (TPSA) is 97.2 Å². The Hall–Kier alpha value is -1.96. The van der Waals surface area contributed by atoms with Crippen molar-refractivity contribution in [3.63, 3.8) is 0 Å². The lowest BCUT2D eigenvalue weighted by Gasteiger charge is -2.15. The molecule has 0 aliphatic carbocycles. The van der Waals surface area contributed by atoms with Crippen LogP contribution in [0.3, 0.4) is 0 Å². The summed E-state index contributed by atoms with van der Waals surface area (Å²) in [6.07, 6.45) is 0. The van der Waals surface area contributed by atoms with Crippen molar-refractivity contribution in [1.29, 1.82) is 5.41 Å². The fourth-order valence-corrected chi connectivity index (χ4v) is 2.96. The van der Waals surface area contributed by atoms with E-state index in [4.69, 9.17) is 45.4 Å². The molecule has 0 heterocycles. The van der Waals surface area contributed by atoms with E-state index >= 15 is 0 Å². The number of ether oxygens (including phenoxy) is 1. The lowest BCUT2D eigenvalue weighted by molar-refractivity contribution is 0.471. The van der Waals surface area contributed by atoms with E-state index < -0.39 is 0 Å². The van der Waals surface area contributed by atoms with Gasteiger partial charge < -0.3 is 21.5 Å². The van der Waals surface area contributed by atoms with Gasteiger partial charge in [0, 0.05) is 28.4 Å². The second-order valence-corrected chi connectivity index (χ2v) is 6.66. The largest absolute Gasteiger partial charge is 0.457 e. The summed E-state index contributed by atoms with van der Waals surface area (Å²) in [5.41, 5.74) is 12.6. The van der Waals surface area contributed by atoms with E-state index in [0.717, 1.165) is 11.1 Å². The maximum atomic E-state index is 7.36. The molecule has 0 radical (unpaired) electrons. The van der Waals surface area contributed by atoms with Crippen LogP contribution < -0.4 is 21.5 Å². The van der Waals surface area contributed by atoms with Crippen molar-refractivity contribution < 1.29 is 4.74 Å². The second kappa shape index (κ2) is 8.77. The fraction of sp³-hybridized carbons (Fsp3) is 0.125. The summed E-state index contributed by atoms with van der Waals surface area (Å²) in [4.78, 5) is 0. The number of rotatable bonds is 6. The molecule has 0 atom stereocenters. The zero-order chi connectivity index (χ0) is 17.5. The predicted molar refractivity (Wildman–Crippen MR) is 105 cm³/mol. The number of benzene rings is 2. The van der Waals surface area contributed by atoms with E-state index in [2.05, 4.69) is 5.32 Å². The van der Waals surface area contributed by atoms with Gasteiger partial charge in [-0.2, -0.15) is 0 Å². The first kappa shape index (κ1) is 18.4. The Morgan fingerprint density at radius 1 is 1.17 bits per heavy atom. The van der Waals surface area contributed by atoms with Crippen LogP contribution in [0.25, 0.3) is 0 Å². The van der Waals surface area contributed by atoms with Gasteiger partial charge in [-0.25, -0.2) is 0 Å². The van der Waals surface area contributed by atoms with Crippen LogP contribution in [0.4, 0.5) is 0 Å². The molecule has 0 aliphatic rings. The summed E-state index contributed by atoms with van der Waals surface area (Å²) in [6, 6.07) is 13.0. The molecule has 0 amide bonds. The molecule has 0 unspecified atom stereocenters. The van der Waals surface area contributed by atoms with Crippen molar-refractivity contribution >= 4 is 45.9 Å². The standard InChI is InChI=1S/C16H17ClN4OS2/c17-12-5-3-7-14(11(12)9-24-15(18)19)22-13-6-2-1-4-10(13)8-21-16(20)23/h1-7H,8-9H2,(H3,18,19)(H3,20,21,23). The van der Waals surface area contributed by atoms with E-state index in [1.807, 2.05) is 36.4 Å². The molecular weight excluding hydrogens is 364 g/mol. The average molecular weight is 381 g/mol. The number of nitrogens with two attached hydrogens (primary N) is 2. The molecule has 0 saturated heterocycles. The molecule has 0 spiro atoms. The van der Waals surface area contributed by atoms with Gasteiger partial charge in [0.1, 0.15) is 11.5 Å². The highest BCUT2D eigenvalue weighted by Gasteiger charge is 2.12. The van der Waals surface area contributed by atoms with Crippen LogP contribution in [0.1, 0.15) is 11.1 Å². The molecule has 2 aromatic carbocycles. The number of thioether (sulfide) groups is 1. The molecule has 2 aromatic rings. The molecule has 0 fully saturated rings. The first-order valence-corrected chi connectivity index (χ1v) is 8.78. The first-order valence-electron chi connectivity index (χ1n) is 7.00. The fourth-order valence-electron chi connectivity index (χ4n) is 1.97. The summed E-state index contributed by atoms with van der Waals surface area (Å²) in [5.74, 6) is 1.76. The number of hydrogen-bond donors (Lipinski definition) is 4. The molecule has 24 heavy (non-hydrogen) atoms. The van der Waals surface area contributed by atoms with Gasteiger partial charge in [-0.15, -0.1) is 0 Å². The first-order chi connectivity index (χ1) is 11.5. The average Bonchev–Trinajstić information content (AvgIpc) is 2.53. The maximum Gasteiger partial charge on any atom is 0.163 e. The normalized spacial score (nSPS) is 10.2. The van der Waals surface area contributed by atoms with Crippen molar-refractivity contribution in [3.05, 3.63) is 58.6 Å². The summed E-state index contributed by atoms with van der Waals surface area (Å²) in [7, 11) is 0. The van der Waals surface area contributed by atoms with Gasteiger partial charge >= 0.3 is 0 Å². The quantitative estimate of drug-likeness (QED) is 0.347. The number of thiocarbonyl (C=S) groups is 1. The molecular formula is C16H17ClN4OS2. The molecule has 5 nitrogen and oxygen atoms in total. The maximum absolute atomic E-state index is 7.36. The van der Waals surface area contributed by atoms with Crippen LogP contribution in [-0.2, 0) is 12.3 Å². The van der Waals surface area contributed by atoms with Gasteiger partial charge in [-0.05, 0) is 30.4 Å². The minimum atomic E-state index is 0.0296. The Morgan fingerprint density at radius 3 is 2.58 bits per heavy atom. The highest BCUT2D eigenvalue weighted by Crippen LogP contribution is 2.34. The van der Waals surface area contributed by atoms with Gasteiger partial charge in [0.05, 0.1) is 0 Å². The van der Waals surface area contributed by atoms with Crippen LogP contribution in [0.15, 0.2) is 42.5 Å². The number of nitrogens with one attached hydrogen (secondary N) is 2. The van der Waals surface area contributed by atoms with Crippen molar-refractivity contribution in [2.75, 3.05) is 0 Å². The third-order valence-electron chi connectivity index (χ3n) is 3.09. The van der Waals surface area contributed by atoms with Crippen LogP contribution in [0, 0.1) is 5.41 Å². The van der Waals surface area contributed by atoms with Crippen molar-refractivity contribution in [3.8, 4) is 11.5 Å². The summed E-state index contributed by atoms with van der Waals surface area (Å²) >= 11 is 12.3. The minimum absolute atomic E-state index is 0.0296. The third-order valence-corrected chi connectivity index (χ3v) is 4.34. The van der Waals surface area contributed by atoms with Crippen molar-refractivity contribution in [2.45, 2.75) is 12.3 Å². The van der Waals surface area contributed by atoms with Gasteiger partial charge in [0.2, 0.25) is 0 Å². The predicted octanol–water partition coefficient (Wildman–Crippen LogP) is 3.59. The molecule has 0 saturated carbocycles. The third kappa shape index (κ3) is 5.30. The Balaban J connectivity index is 2.26. The number of halogens is 1.